The molecule has 5 nitrogen and oxygen atoms in total. The molecule has 0 spiro atoms. The number of hydrogen-bond donors (Lipinski definition) is 1. The van der Waals surface area contributed by atoms with E-state index in [4.69, 9.17) is 0 Å². The molecular weight excluding hydrogens is 208 g/mol. The molecule has 0 fully saturated rings. The quantitative estimate of drug-likeness (QED) is 0.355. The molecule has 1 aromatic carbocycles. The lowest BCUT2D eigenvalue weighted by atomic mass is 10.1. The van der Waals surface area contributed by atoms with Crippen molar-refractivity contribution in [1.29, 1.82) is 0 Å². The van der Waals surface area contributed by atoms with Gasteiger partial charge < -0.3 is 5.32 Å². The fourth-order valence-electron chi connectivity index (χ4n) is 1.11. The third kappa shape index (κ3) is 2.90. The Morgan fingerprint density at radius 3 is 2.88 bits per heavy atom. The van der Waals surface area contributed by atoms with Crippen LogP contribution in [0.15, 0.2) is 18.2 Å². The lowest BCUT2D eigenvalue weighted by Crippen LogP contribution is -2.04. The second-order valence-corrected chi connectivity index (χ2v) is 2.98. The van der Waals surface area contributed by atoms with Crippen LogP contribution in [-0.4, -0.2) is 24.8 Å². The lowest BCUT2D eigenvalue weighted by Gasteiger charge is -1.96. The normalized spacial score (nSPS) is 9.06. The summed E-state index contributed by atoms with van der Waals surface area (Å²) in [4.78, 5) is 20.6. The Morgan fingerprint density at radius 1 is 1.56 bits per heavy atom. The average Bonchev–Trinajstić information content (AvgIpc) is 2.29. The molecule has 1 rings (SSSR count). The Morgan fingerprint density at radius 2 is 2.31 bits per heavy atom. The third-order valence-corrected chi connectivity index (χ3v) is 1.85. The SMILES string of the molecule is CNCC#Cc1ccc(C=O)c([N+](=O)[O-])c1. The summed E-state index contributed by atoms with van der Waals surface area (Å²) in [6.07, 6.45) is 0.461. The smallest absolute Gasteiger partial charge is 0.281 e. The van der Waals surface area contributed by atoms with E-state index in [2.05, 4.69) is 17.2 Å². The third-order valence-electron chi connectivity index (χ3n) is 1.85. The Bertz CT molecular complexity index is 472. The van der Waals surface area contributed by atoms with Crippen LogP contribution in [0.4, 0.5) is 5.69 Å². The number of rotatable bonds is 3. The van der Waals surface area contributed by atoms with E-state index in [0.717, 1.165) is 0 Å². The van der Waals surface area contributed by atoms with Crippen molar-refractivity contribution in [3.8, 4) is 11.8 Å². The molecule has 0 bridgehead atoms. The Labute approximate surface area is 92.6 Å². The molecule has 1 N–H and O–H groups in total. The lowest BCUT2D eigenvalue weighted by molar-refractivity contribution is -0.385. The van der Waals surface area contributed by atoms with Crippen LogP contribution in [-0.2, 0) is 0 Å². The first kappa shape index (κ1) is 11.9. The van der Waals surface area contributed by atoms with Crippen LogP contribution in [0.25, 0.3) is 0 Å². The fourth-order valence-corrected chi connectivity index (χ4v) is 1.11. The van der Waals surface area contributed by atoms with E-state index in [1.807, 2.05) is 0 Å². The summed E-state index contributed by atoms with van der Waals surface area (Å²) in [5.74, 6) is 5.54. The molecule has 0 heterocycles. The van der Waals surface area contributed by atoms with Crippen LogP contribution in [0, 0.1) is 22.0 Å². The van der Waals surface area contributed by atoms with Crippen molar-refractivity contribution < 1.29 is 9.72 Å². The van der Waals surface area contributed by atoms with Crippen LogP contribution < -0.4 is 5.32 Å². The molecule has 1 aromatic rings. The number of hydrogen-bond acceptors (Lipinski definition) is 4. The minimum Gasteiger partial charge on any atom is -0.309 e. The Kier molecular flexibility index (Phi) is 4.18. The Balaban J connectivity index is 3.08. The molecule has 16 heavy (non-hydrogen) atoms. The molecule has 0 aromatic heterocycles. The first-order valence-corrected chi connectivity index (χ1v) is 4.56. The van der Waals surface area contributed by atoms with Gasteiger partial charge >= 0.3 is 0 Å². The van der Waals surface area contributed by atoms with E-state index >= 15 is 0 Å². The number of carbonyl (C=O) groups is 1. The molecule has 0 aliphatic heterocycles. The first-order chi connectivity index (χ1) is 7.69. The summed E-state index contributed by atoms with van der Waals surface area (Å²) < 4.78 is 0. The van der Waals surface area contributed by atoms with E-state index < -0.39 is 4.92 Å². The highest BCUT2D eigenvalue weighted by molar-refractivity contribution is 5.81. The van der Waals surface area contributed by atoms with E-state index in [1.165, 1.54) is 12.1 Å². The molecule has 0 aliphatic rings. The largest absolute Gasteiger partial charge is 0.309 e. The summed E-state index contributed by atoms with van der Waals surface area (Å²) in [6, 6.07) is 4.28. The van der Waals surface area contributed by atoms with Crippen molar-refractivity contribution in [3.63, 3.8) is 0 Å². The predicted molar refractivity (Wildman–Crippen MR) is 59.3 cm³/mol. The standard InChI is InChI=1S/C11H10N2O3/c1-12-6-2-3-9-4-5-10(8-14)11(7-9)13(15)16/h4-5,7-8,12H,6H2,1H3. The van der Waals surface area contributed by atoms with Crippen molar-refractivity contribution in [2.24, 2.45) is 0 Å². The minimum atomic E-state index is -0.590. The summed E-state index contributed by atoms with van der Waals surface area (Å²) in [5.41, 5.74) is 0.364. The van der Waals surface area contributed by atoms with Gasteiger partial charge in [-0.3, -0.25) is 14.9 Å². The van der Waals surface area contributed by atoms with E-state index in [0.29, 0.717) is 18.4 Å². The molecule has 0 amide bonds. The van der Waals surface area contributed by atoms with E-state index in [1.54, 1.807) is 13.1 Å². The van der Waals surface area contributed by atoms with Gasteiger partial charge in [0.25, 0.3) is 5.69 Å². The summed E-state index contributed by atoms with van der Waals surface area (Å²) >= 11 is 0. The number of nitrogens with zero attached hydrogens (tertiary/aromatic N) is 1. The van der Waals surface area contributed by atoms with Crippen molar-refractivity contribution in [1.82, 2.24) is 5.32 Å². The van der Waals surface area contributed by atoms with Gasteiger partial charge in [0.2, 0.25) is 0 Å². The number of benzene rings is 1. The van der Waals surface area contributed by atoms with Gasteiger partial charge in [-0.05, 0) is 19.2 Å². The van der Waals surface area contributed by atoms with Gasteiger partial charge in [0.05, 0.1) is 17.0 Å². The second kappa shape index (κ2) is 5.63. The molecule has 0 radical (unpaired) electrons. The van der Waals surface area contributed by atoms with Crippen molar-refractivity contribution in [3.05, 3.63) is 39.4 Å². The van der Waals surface area contributed by atoms with Gasteiger partial charge in [0.1, 0.15) is 0 Å². The van der Waals surface area contributed by atoms with Gasteiger partial charge in [-0.25, -0.2) is 0 Å². The van der Waals surface area contributed by atoms with Crippen molar-refractivity contribution >= 4 is 12.0 Å². The number of carbonyl (C=O) groups excluding carboxylic acids is 1. The molecule has 82 valence electrons. The summed E-state index contributed by atoms with van der Waals surface area (Å²) in [7, 11) is 1.76. The van der Waals surface area contributed by atoms with Crippen LogP contribution >= 0.6 is 0 Å². The molecule has 0 atom stereocenters. The zero-order chi connectivity index (χ0) is 12.0. The molecule has 0 saturated heterocycles. The van der Waals surface area contributed by atoms with Crippen LogP contribution in [0.3, 0.4) is 0 Å². The maximum Gasteiger partial charge on any atom is 0.281 e. The van der Waals surface area contributed by atoms with Crippen molar-refractivity contribution in [2.75, 3.05) is 13.6 Å². The minimum absolute atomic E-state index is 0.0594. The zero-order valence-electron chi connectivity index (χ0n) is 8.69. The zero-order valence-corrected chi connectivity index (χ0v) is 8.69. The van der Waals surface area contributed by atoms with Gasteiger partial charge in [0.15, 0.2) is 6.29 Å². The fraction of sp³-hybridized carbons (Fsp3) is 0.182. The monoisotopic (exact) mass is 218 g/mol. The summed E-state index contributed by atoms with van der Waals surface area (Å²) in [6.45, 7) is 0.503. The highest BCUT2D eigenvalue weighted by atomic mass is 16.6. The maximum atomic E-state index is 10.6. The molecule has 5 heteroatoms. The number of nitro benzene ring substituents is 1. The number of aldehydes is 1. The second-order valence-electron chi connectivity index (χ2n) is 2.98. The van der Waals surface area contributed by atoms with Gasteiger partial charge in [0, 0.05) is 11.6 Å². The number of nitrogens with one attached hydrogen (secondary N) is 1. The topological polar surface area (TPSA) is 72.2 Å². The summed E-state index contributed by atoms with van der Waals surface area (Å²) in [5, 5.41) is 13.5. The van der Waals surface area contributed by atoms with Crippen molar-refractivity contribution in [2.45, 2.75) is 0 Å². The molecule has 0 aliphatic carbocycles. The van der Waals surface area contributed by atoms with Gasteiger partial charge in [-0.1, -0.05) is 11.8 Å². The maximum absolute atomic E-state index is 10.6. The average molecular weight is 218 g/mol. The van der Waals surface area contributed by atoms with Crippen LogP contribution in [0.1, 0.15) is 15.9 Å². The Hall–Kier alpha value is -2.19. The van der Waals surface area contributed by atoms with Gasteiger partial charge in [-0.15, -0.1) is 0 Å². The van der Waals surface area contributed by atoms with E-state index in [-0.39, 0.29) is 11.3 Å². The highest BCUT2D eigenvalue weighted by Gasteiger charge is 2.12. The molecule has 0 saturated carbocycles. The van der Waals surface area contributed by atoms with Crippen LogP contribution in [0.5, 0.6) is 0 Å². The van der Waals surface area contributed by atoms with E-state index in [9.17, 15) is 14.9 Å². The van der Waals surface area contributed by atoms with Gasteiger partial charge in [-0.2, -0.15) is 0 Å². The molecular formula is C11H10N2O3. The highest BCUT2D eigenvalue weighted by Crippen LogP contribution is 2.17. The predicted octanol–water partition coefficient (Wildman–Crippen LogP) is 0.978. The first-order valence-electron chi connectivity index (χ1n) is 4.56. The number of nitro groups is 1. The molecule has 0 unspecified atom stereocenters. The van der Waals surface area contributed by atoms with Crippen LogP contribution in [0.2, 0.25) is 0 Å².